The summed E-state index contributed by atoms with van der Waals surface area (Å²) in [5.41, 5.74) is 2.47. The van der Waals surface area contributed by atoms with Crippen molar-refractivity contribution in [3.8, 4) is 0 Å². The number of nitrogens with zero attached hydrogens (tertiary/aromatic N) is 1. The summed E-state index contributed by atoms with van der Waals surface area (Å²) in [5, 5.41) is 0. The normalized spacial score (nSPS) is 15.0. The molecule has 0 saturated carbocycles. The highest BCUT2D eigenvalue weighted by Gasteiger charge is 2.35. The summed E-state index contributed by atoms with van der Waals surface area (Å²) in [6, 6.07) is 6.16. The van der Waals surface area contributed by atoms with E-state index in [4.69, 9.17) is 8.83 Å². The van der Waals surface area contributed by atoms with Crippen molar-refractivity contribution >= 4 is 0 Å². The zero-order valence-electron chi connectivity index (χ0n) is 17.2. The fourth-order valence-corrected chi connectivity index (χ4v) is 3.74. The SMILES string of the molecule is CC(C)(CCC(C)(CCC(C)(C)c1ccco1)c1ccoc1)c1c[nH]cn1. The molecule has 3 rings (SSSR count). The van der Waals surface area contributed by atoms with Gasteiger partial charge in [-0.2, -0.15) is 0 Å². The minimum absolute atomic E-state index is 0.00616. The minimum Gasteiger partial charge on any atom is -0.472 e. The molecular weight excluding hydrogens is 336 g/mol. The summed E-state index contributed by atoms with van der Waals surface area (Å²) in [5.74, 6) is 1.05. The third-order valence-corrected chi connectivity index (χ3v) is 6.20. The Labute approximate surface area is 162 Å². The summed E-state index contributed by atoms with van der Waals surface area (Å²) in [6.45, 7) is 11.4. The molecule has 146 valence electrons. The van der Waals surface area contributed by atoms with Gasteiger partial charge in [0.15, 0.2) is 0 Å². The van der Waals surface area contributed by atoms with Gasteiger partial charge in [0, 0.05) is 17.0 Å². The molecule has 1 unspecified atom stereocenters. The number of hydrogen-bond donors (Lipinski definition) is 1. The highest BCUT2D eigenvalue weighted by Crippen LogP contribution is 2.42. The van der Waals surface area contributed by atoms with Crippen LogP contribution < -0.4 is 0 Å². The molecule has 0 radical (unpaired) electrons. The molecule has 0 saturated heterocycles. The monoisotopic (exact) mass is 368 g/mol. The number of rotatable bonds is 9. The van der Waals surface area contributed by atoms with Gasteiger partial charge in [-0.1, -0.05) is 34.6 Å². The minimum atomic E-state index is 0.00616. The van der Waals surface area contributed by atoms with E-state index in [1.165, 1.54) is 5.56 Å². The molecule has 3 aromatic heterocycles. The van der Waals surface area contributed by atoms with E-state index in [0.717, 1.165) is 37.1 Å². The fourth-order valence-electron chi connectivity index (χ4n) is 3.74. The van der Waals surface area contributed by atoms with Crippen molar-refractivity contribution in [1.82, 2.24) is 9.97 Å². The largest absolute Gasteiger partial charge is 0.472 e. The van der Waals surface area contributed by atoms with E-state index in [2.05, 4.69) is 56.7 Å². The number of H-pyrrole nitrogens is 1. The van der Waals surface area contributed by atoms with Gasteiger partial charge in [-0.3, -0.25) is 0 Å². The highest BCUT2D eigenvalue weighted by atomic mass is 16.3. The summed E-state index contributed by atoms with van der Waals surface area (Å²) in [6.07, 6.45) is 13.5. The van der Waals surface area contributed by atoms with Crippen molar-refractivity contribution in [2.75, 3.05) is 0 Å². The molecule has 1 atom stereocenters. The third-order valence-electron chi connectivity index (χ3n) is 6.20. The van der Waals surface area contributed by atoms with Crippen LogP contribution in [0, 0.1) is 0 Å². The summed E-state index contributed by atoms with van der Waals surface area (Å²) in [7, 11) is 0. The predicted molar refractivity (Wildman–Crippen MR) is 108 cm³/mol. The van der Waals surface area contributed by atoms with Gasteiger partial charge in [0.05, 0.1) is 30.8 Å². The molecule has 4 heteroatoms. The highest BCUT2D eigenvalue weighted by molar-refractivity contribution is 5.21. The van der Waals surface area contributed by atoms with E-state index < -0.39 is 0 Å². The number of aromatic amines is 1. The van der Waals surface area contributed by atoms with Gasteiger partial charge in [0.2, 0.25) is 0 Å². The molecular formula is C23H32N2O2. The van der Waals surface area contributed by atoms with Crippen molar-refractivity contribution in [2.45, 2.75) is 76.5 Å². The molecule has 1 N–H and O–H groups in total. The zero-order valence-corrected chi connectivity index (χ0v) is 17.2. The van der Waals surface area contributed by atoms with Crippen molar-refractivity contribution in [1.29, 1.82) is 0 Å². The predicted octanol–water partition coefficient (Wildman–Crippen LogP) is 6.37. The maximum atomic E-state index is 5.69. The molecule has 0 fully saturated rings. The Morgan fingerprint density at radius 2 is 1.67 bits per heavy atom. The zero-order chi connectivity index (χ0) is 19.5. The summed E-state index contributed by atoms with van der Waals surface area (Å²) < 4.78 is 11.1. The van der Waals surface area contributed by atoms with Gasteiger partial charge >= 0.3 is 0 Å². The topological polar surface area (TPSA) is 55.0 Å². The fraction of sp³-hybridized carbons (Fsp3) is 0.522. The van der Waals surface area contributed by atoms with Crippen molar-refractivity contribution in [3.63, 3.8) is 0 Å². The maximum absolute atomic E-state index is 5.69. The van der Waals surface area contributed by atoms with Gasteiger partial charge in [-0.15, -0.1) is 0 Å². The molecule has 0 aliphatic heterocycles. The van der Waals surface area contributed by atoms with Crippen LogP contribution in [0.5, 0.6) is 0 Å². The standard InChI is InChI=1S/C23H32N2O2/c1-21(2,19-15-24-17-25-19)9-11-23(5,18-8-14-26-16-18)12-10-22(3,4)20-7-6-13-27-20/h6-8,13-17H,9-12H2,1-5H3,(H,24,25). The van der Waals surface area contributed by atoms with Crippen molar-refractivity contribution in [2.24, 2.45) is 0 Å². The first-order valence-electron chi connectivity index (χ1n) is 9.79. The van der Waals surface area contributed by atoms with Gasteiger partial charge in [0.1, 0.15) is 5.76 Å². The average Bonchev–Trinajstić information content (AvgIpc) is 3.39. The maximum Gasteiger partial charge on any atom is 0.109 e. The van der Waals surface area contributed by atoms with Crippen LogP contribution in [0.1, 0.15) is 77.3 Å². The molecule has 0 aromatic carbocycles. The number of hydrogen-bond acceptors (Lipinski definition) is 3. The molecule has 0 bridgehead atoms. The first-order chi connectivity index (χ1) is 12.7. The van der Waals surface area contributed by atoms with E-state index in [9.17, 15) is 0 Å². The molecule has 3 aromatic rings. The molecule has 0 amide bonds. The molecule has 3 heterocycles. The first-order valence-corrected chi connectivity index (χ1v) is 9.79. The summed E-state index contributed by atoms with van der Waals surface area (Å²) in [4.78, 5) is 7.57. The molecule has 27 heavy (non-hydrogen) atoms. The van der Waals surface area contributed by atoms with E-state index in [-0.39, 0.29) is 16.2 Å². The second-order valence-electron chi connectivity index (χ2n) is 9.27. The number of aromatic nitrogens is 2. The molecule has 4 nitrogen and oxygen atoms in total. The second-order valence-corrected chi connectivity index (χ2v) is 9.27. The smallest absolute Gasteiger partial charge is 0.109 e. The van der Waals surface area contributed by atoms with Crippen LogP contribution in [0.15, 0.2) is 58.3 Å². The lowest BCUT2D eigenvalue weighted by atomic mass is 9.69. The van der Waals surface area contributed by atoms with Crippen LogP contribution in [0.3, 0.4) is 0 Å². The Balaban J connectivity index is 1.75. The van der Waals surface area contributed by atoms with E-state index in [0.29, 0.717) is 0 Å². The Hall–Kier alpha value is -2.23. The van der Waals surface area contributed by atoms with Crippen LogP contribution in [0.4, 0.5) is 0 Å². The van der Waals surface area contributed by atoms with Crippen LogP contribution in [0.2, 0.25) is 0 Å². The van der Waals surface area contributed by atoms with Gasteiger partial charge < -0.3 is 13.8 Å². The number of furan rings is 2. The molecule has 0 spiro atoms. The third kappa shape index (κ3) is 4.37. The number of nitrogens with one attached hydrogen (secondary N) is 1. The van der Waals surface area contributed by atoms with Crippen molar-refractivity contribution < 1.29 is 8.83 Å². The Kier molecular flexibility index (Phi) is 5.36. The van der Waals surface area contributed by atoms with Gasteiger partial charge in [-0.05, 0) is 54.9 Å². The van der Waals surface area contributed by atoms with E-state index in [1.807, 2.05) is 18.5 Å². The second kappa shape index (κ2) is 7.41. The first kappa shape index (κ1) is 19.5. The van der Waals surface area contributed by atoms with Crippen molar-refractivity contribution in [3.05, 3.63) is 66.5 Å². The number of imidazole rings is 1. The Morgan fingerprint density at radius 1 is 0.926 bits per heavy atom. The van der Waals surface area contributed by atoms with Crippen LogP contribution in [-0.4, -0.2) is 9.97 Å². The van der Waals surface area contributed by atoms with Gasteiger partial charge in [0.25, 0.3) is 0 Å². The van der Waals surface area contributed by atoms with Gasteiger partial charge in [-0.25, -0.2) is 4.98 Å². The average molecular weight is 369 g/mol. The van der Waals surface area contributed by atoms with E-state index in [1.54, 1.807) is 18.9 Å². The lowest BCUT2D eigenvalue weighted by Gasteiger charge is -2.35. The van der Waals surface area contributed by atoms with Crippen LogP contribution in [0.25, 0.3) is 0 Å². The van der Waals surface area contributed by atoms with E-state index >= 15 is 0 Å². The molecule has 0 aliphatic rings. The van der Waals surface area contributed by atoms with Crippen LogP contribution >= 0.6 is 0 Å². The lowest BCUT2D eigenvalue weighted by molar-refractivity contribution is 0.279. The quantitative estimate of drug-likeness (QED) is 0.477. The van der Waals surface area contributed by atoms with Crippen LogP contribution in [-0.2, 0) is 16.2 Å². The summed E-state index contributed by atoms with van der Waals surface area (Å²) >= 11 is 0. The Bertz CT molecular complexity index is 747. The lowest BCUT2D eigenvalue weighted by Crippen LogP contribution is -2.29. The molecule has 0 aliphatic carbocycles. The Morgan fingerprint density at radius 3 is 2.22 bits per heavy atom.